The number of halogens is 2. The van der Waals surface area contributed by atoms with E-state index < -0.39 is 49.4 Å². The quantitative estimate of drug-likeness (QED) is 0.267. The molecule has 0 fully saturated rings. The van der Waals surface area contributed by atoms with Crippen LogP contribution in [0.2, 0.25) is 0 Å². The molecule has 0 amide bonds. The van der Waals surface area contributed by atoms with E-state index in [1.54, 1.807) is 26.0 Å². The van der Waals surface area contributed by atoms with Crippen molar-refractivity contribution in [3.63, 3.8) is 0 Å². The van der Waals surface area contributed by atoms with Gasteiger partial charge in [0.25, 0.3) is 0 Å². The zero-order valence-electron chi connectivity index (χ0n) is 20.9. The molecule has 10 heteroatoms. The van der Waals surface area contributed by atoms with Crippen LogP contribution in [0.3, 0.4) is 0 Å². The summed E-state index contributed by atoms with van der Waals surface area (Å²) in [6.45, 7) is 3.50. The van der Waals surface area contributed by atoms with Crippen molar-refractivity contribution in [2.45, 2.75) is 31.2 Å². The summed E-state index contributed by atoms with van der Waals surface area (Å²) in [6, 6.07) is 15.8. The number of rotatable bonds is 10. The minimum atomic E-state index is -3.94. The summed E-state index contributed by atoms with van der Waals surface area (Å²) in [5, 5.41) is 0. The summed E-state index contributed by atoms with van der Waals surface area (Å²) in [7, 11) is -1.35. The van der Waals surface area contributed by atoms with Gasteiger partial charge in [0.1, 0.15) is 0 Å². The van der Waals surface area contributed by atoms with Crippen molar-refractivity contribution < 1.29 is 31.5 Å². The Balaban J connectivity index is 1.71. The topological polar surface area (TPSA) is 80.8 Å². The zero-order chi connectivity index (χ0) is 27.3. The second-order valence-corrected chi connectivity index (χ2v) is 13.7. The number of sulfonamides is 1. The number of carbonyl (C=O) groups excluding carboxylic acids is 2. The second kappa shape index (κ2) is 12.1. The third-order valence-electron chi connectivity index (χ3n) is 5.79. The minimum absolute atomic E-state index is 0.0194. The molecule has 0 aliphatic carbocycles. The first-order chi connectivity index (χ1) is 17.4. The van der Waals surface area contributed by atoms with E-state index in [-0.39, 0.29) is 21.8 Å². The molecule has 0 heterocycles. The number of likely N-dealkylation sites (N-methyl/N-ethyl adjacent to an activating group) is 1. The molecular weight excluding hydrogens is 563 g/mol. The van der Waals surface area contributed by atoms with Crippen molar-refractivity contribution in [1.82, 2.24) is 4.31 Å². The van der Waals surface area contributed by atoms with Gasteiger partial charge in [-0.1, -0.05) is 13.8 Å². The second-order valence-electron chi connectivity index (χ2n) is 8.84. The molecule has 3 rings (SSSR count). The van der Waals surface area contributed by atoms with E-state index in [1.807, 2.05) is 24.3 Å². The van der Waals surface area contributed by atoms with E-state index in [1.165, 1.54) is 26.3 Å². The van der Waals surface area contributed by atoms with Gasteiger partial charge < -0.3 is 4.74 Å². The van der Waals surface area contributed by atoms with E-state index in [0.29, 0.717) is 5.56 Å². The number of ether oxygens (including phenoxy) is 1. The van der Waals surface area contributed by atoms with E-state index in [4.69, 9.17) is 4.74 Å². The van der Waals surface area contributed by atoms with Crippen molar-refractivity contribution in [3.8, 4) is 11.1 Å². The van der Waals surface area contributed by atoms with Crippen LogP contribution in [0.25, 0.3) is 11.1 Å². The number of esters is 1. The average molecular weight is 592 g/mol. The van der Waals surface area contributed by atoms with E-state index in [2.05, 4.69) is 0 Å². The maximum atomic E-state index is 13.4. The molecule has 3 aromatic rings. The summed E-state index contributed by atoms with van der Waals surface area (Å²) >= 11 is -1.17. The van der Waals surface area contributed by atoms with Gasteiger partial charge in [-0.2, -0.15) is 0 Å². The van der Waals surface area contributed by atoms with Crippen LogP contribution in [0.15, 0.2) is 71.6 Å². The predicted octanol–water partition coefficient (Wildman–Crippen LogP) is 3.28. The molecule has 2 atom stereocenters. The van der Waals surface area contributed by atoms with Gasteiger partial charge in [0, 0.05) is 0 Å². The molecule has 0 aromatic heterocycles. The van der Waals surface area contributed by atoms with Crippen LogP contribution in [0.4, 0.5) is 8.78 Å². The Morgan fingerprint density at radius 3 is 1.92 bits per heavy atom. The van der Waals surface area contributed by atoms with Crippen LogP contribution in [0, 0.1) is 17.6 Å². The number of hydrogen-bond acceptors (Lipinski definition) is 5. The molecule has 0 saturated heterocycles. The molecule has 6 nitrogen and oxygen atoms in total. The first kappa shape index (κ1) is 28.7. The molecule has 0 aliphatic heterocycles. The van der Waals surface area contributed by atoms with Gasteiger partial charge in [0.15, 0.2) is 0 Å². The van der Waals surface area contributed by atoms with Crippen LogP contribution in [-0.2, 0) is 30.8 Å². The Morgan fingerprint density at radius 2 is 1.43 bits per heavy atom. The summed E-state index contributed by atoms with van der Waals surface area (Å²) in [5.74, 6) is -2.32. The number of hydrogen-bond donors (Lipinski definition) is 0. The van der Waals surface area contributed by atoms with Gasteiger partial charge in [0.05, 0.1) is 7.11 Å². The zero-order valence-corrected chi connectivity index (χ0v) is 23.8. The van der Waals surface area contributed by atoms with Crippen molar-refractivity contribution in [1.29, 1.82) is 0 Å². The summed E-state index contributed by atoms with van der Waals surface area (Å²) in [6.07, 6.45) is -0.0194. The molecule has 0 bridgehead atoms. The van der Waals surface area contributed by atoms with Crippen LogP contribution < -0.4 is 4.35 Å². The SMILES string of the molecule is COC(=O)[C@H](C(C)C)N(C)S(=O)(=O)c1ccc(-c2ccc([AsH]C(=O)Cc3cc(F)cc(F)c3)cc2)cc1. The first-order valence-corrected chi connectivity index (χ1v) is 15.0. The van der Waals surface area contributed by atoms with Crippen molar-refractivity contribution >= 4 is 40.7 Å². The normalized spacial score (nSPS) is 12.9. The Kier molecular flexibility index (Phi) is 9.40. The van der Waals surface area contributed by atoms with Crippen molar-refractivity contribution in [2.24, 2.45) is 5.92 Å². The molecule has 37 heavy (non-hydrogen) atoms. The third kappa shape index (κ3) is 7.12. The predicted molar refractivity (Wildman–Crippen MR) is 139 cm³/mol. The number of carbonyl (C=O) groups is 2. The van der Waals surface area contributed by atoms with E-state index in [9.17, 15) is 26.8 Å². The fourth-order valence-electron chi connectivity index (χ4n) is 3.95. The molecular formula is C27H28AsF2NO5S. The average Bonchev–Trinajstić information content (AvgIpc) is 2.83. The standard InChI is InChI=1S/C27H28AsF2NO5S/c1-17(2)26(27(33)36-4)31(3)37(34,35)24-11-7-20(8-12-24)19-5-9-21(10-6-19)28-25(32)15-18-13-22(29)16-23(30)14-18/h5-14,16-17,26,28H,15H2,1-4H3/t26-/m0/s1. The Labute approximate surface area is 222 Å². The maximum absolute atomic E-state index is 13.4. The van der Waals surface area contributed by atoms with Gasteiger partial charge in [-0.05, 0) is 0 Å². The summed E-state index contributed by atoms with van der Waals surface area (Å²) < 4.78 is 59.6. The van der Waals surface area contributed by atoms with Crippen LogP contribution in [-0.4, -0.2) is 59.2 Å². The van der Waals surface area contributed by atoms with Gasteiger partial charge >= 0.3 is 192 Å². The number of benzene rings is 3. The van der Waals surface area contributed by atoms with E-state index in [0.717, 1.165) is 38.0 Å². The van der Waals surface area contributed by atoms with Crippen molar-refractivity contribution in [3.05, 3.63) is 83.9 Å². The van der Waals surface area contributed by atoms with Gasteiger partial charge in [-0.25, -0.2) is 0 Å². The van der Waals surface area contributed by atoms with Crippen LogP contribution >= 0.6 is 0 Å². The molecule has 1 unspecified atom stereocenters. The molecule has 0 aliphatic rings. The van der Waals surface area contributed by atoms with E-state index >= 15 is 0 Å². The van der Waals surface area contributed by atoms with Gasteiger partial charge in [-0.15, -0.1) is 0 Å². The first-order valence-electron chi connectivity index (χ1n) is 11.4. The Hall–Kier alpha value is -2.87. The van der Waals surface area contributed by atoms with Gasteiger partial charge in [0.2, 0.25) is 0 Å². The molecule has 0 radical (unpaired) electrons. The van der Waals surface area contributed by atoms with Crippen LogP contribution in [0.1, 0.15) is 19.4 Å². The van der Waals surface area contributed by atoms with Crippen molar-refractivity contribution in [2.75, 3.05) is 14.2 Å². The molecule has 0 N–H and O–H groups in total. The monoisotopic (exact) mass is 591 g/mol. The molecule has 0 saturated carbocycles. The summed E-state index contributed by atoms with van der Waals surface area (Å²) in [5.41, 5.74) is 1.93. The Morgan fingerprint density at radius 1 is 0.919 bits per heavy atom. The van der Waals surface area contributed by atoms with Gasteiger partial charge in [-0.3, -0.25) is 4.79 Å². The molecule has 3 aromatic carbocycles. The fourth-order valence-corrected chi connectivity index (χ4v) is 7.38. The fraction of sp³-hybridized carbons (Fsp3) is 0.259. The number of methoxy groups -OCH3 is 1. The molecule has 196 valence electrons. The third-order valence-corrected chi connectivity index (χ3v) is 9.90. The van der Waals surface area contributed by atoms with Crippen LogP contribution in [0.5, 0.6) is 0 Å². The number of nitrogens with zero attached hydrogens (tertiary/aromatic N) is 1. The Bertz CT molecular complexity index is 1360. The summed E-state index contributed by atoms with van der Waals surface area (Å²) in [4.78, 5) is 24.6. The molecule has 0 spiro atoms.